The Kier molecular flexibility index (Phi) is 4.06. The van der Waals surface area contributed by atoms with Gasteiger partial charge in [-0.05, 0) is 58.7 Å². The van der Waals surface area contributed by atoms with Gasteiger partial charge in [-0.15, -0.1) is 0 Å². The van der Waals surface area contributed by atoms with Crippen LogP contribution in [-0.2, 0) is 0 Å². The Labute approximate surface area is 124 Å². The monoisotopic (exact) mass is 296 g/mol. The van der Waals surface area contributed by atoms with E-state index in [1.165, 1.54) is 6.07 Å². The summed E-state index contributed by atoms with van der Waals surface area (Å²) in [5.74, 6) is -2.32. The Morgan fingerprint density at radius 1 is 1.14 bits per heavy atom. The van der Waals surface area contributed by atoms with Gasteiger partial charge >= 0.3 is 0 Å². The van der Waals surface area contributed by atoms with Crippen molar-refractivity contribution in [3.05, 3.63) is 35.4 Å². The Morgan fingerprint density at radius 3 is 2.24 bits per heavy atom. The average molecular weight is 296 g/mol. The van der Waals surface area contributed by atoms with Gasteiger partial charge in [-0.3, -0.25) is 4.79 Å². The molecule has 3 nitrogen and oxygen atoms in total. The van der Waals surface area contributed by atoms with E-state index >= 15 is 0 Å². The first-order valence-corrected chi connectivity index (χ1v) is 7.13. The van der Waals surface area contributed by atoms with Crippen LogP contribution in [0.5, 0.6) is 0 Å². The number of nitrogens with one attached hydrogen (secondary N) is 2. The molecule has 2 rings (SSSR count). The highest BCUT2D eigenvalue weighted by Gasteiger charge is 2.38. The second-order valence-corrected chi connectivity index (χ2v) is 7.10. The number of amides is 1. The minimum atomic E-state index is -1.01. The molecule has 1 fully saturated rings. The largest absolute Gasteiger partial charge is 0.349 e. The summed E-state index contributed by atoms with van der Waals surface area (Å²) in [4.78, 5) is 12.2. The molecule has 0 bridgehead atoms. The molecule has 0 saturated carbocycles. The number of benzene rings is 1. The zero-order valence-corrected chi connectivity index (χ0v) is 12.9. The highest BCUT2D eigenvalue weighted by atomic mass is 19.2. The first-order chi connectivity index (χ1) is 9.58. The van der Waals surface area contributed by atoms with Crippen molar-refractivity contribution < 1.29 is 13.6 Å². The minimum Gasteiger partial charge on any atom is -0.349 e. The van der Waals surface area contributed by atoms with Crippen LogP contribution in [-0.4, -0.2) is 23.0 Å². The Hall–Kier alpha value is -1.49. The van der Waals surface area contributed by atoms with Crippen molar-refractivity contribution >= 4 is 5.91 Å². The molecule has 1 aliphatic rings. The minimum absolute atomic E-state index is 0.00290. The van der Waals surface area contributed by atoms with E-state index in [-0.39, 0.29) is 28.6 Å². The number of hydrogen-bond donors (Lipinski definition) is 2. The van der Waals surface area contributed by atoms with Crippen LogP contribution in [0.2, 0.25) is 0 Å². The van der Waals surface area contributed by atoms with Gasteiger partial charge in [-0.2, -0.15) is 0 Å². The summed E-state index contributed by atoms with van der Waals surface area (Å²) in [6.07, 6.45) is 1.57. The molecule has 1 aliphatic heterocycles. The van der Waals surface area contributed by atoms with Gasteiger partial charge < -0.3 is 10.6 Å². The van der Waals surface area contributed by atoms with Crippen molar-refractivity contribution in [2.24, 2.45) is 0 Å². The maximum Gasteiger partial charge on any atom is 0.251 e. The predicted molar refractivity (Wildman–Crippen MR) is 78.1 cm³/mol. The van der Waals surface area contributed by atoms with Crippen LogP contribution >= 0.6 is 0 Å². The van der Waals surface area contributed by atoms with Crippen LogP contribution in [0.3, 0.4) is 0 Å². The van der Waals surface area contributed by atoms with E-state index < -0.39 is 11.6 Å². The maximum atomic E-state index is 13.2. The van der Waals surface area contributed by atoms with Gasteiger partial charge in [0.15, 0.2) is 11.6 Å². The topological polar surface area (TPSA) is 41.1 Å². The Bertz CT molecular complexity index is 539. The lowest BCUT2D eigenvalue weighted by molar-refractivity contribution is 0.0872. The first kappa shape index (κ1) is 15.9. The quantitative estimate of drug-likeness (QED) is 0.881. The highest BCUT2D eigenvalue weighted by Crippen LogP contribution is 2.28. The number of rotatable bonds is 2. The lowest BCUT2D eigenvalue weighted by atomic mass is 9.79. The molecule has 21 heavy (non-hydrogen) atoms. The summed E-state index contributed by atoms with van der Waals surface area (Å²) >= 11 is 0. The molecule has 0 atom stereocenters. The van der Waals surface area contributed by atoms with Gasteiger partial charge in [-0.25, -0.2) is 8.78 Å². The summed E-state index contributed by atoms with van der Waals surface area (Å²) in [5.41, 5.74) is -0.0374. The fraction of sp³-hybridized carbons (Fsp3) is 0.562. The number of halogens is 2. The molecule has 1 aromatic rings. The van der Waals surface area contributed by atoms with Crippen LogP contribution in [0.15, 0.2) is 18.2 Å². The summed E-state index contributed by atoms with van der Waals surface area (Å²) in [5, 5.41) is 6.46. The summed E-state index contributed by atoms with van der Waals surface area (Å²) in [7, 11) is 0. The molecule has 2 N–H and O–H groups in total. The molecule has 1 amide bonds. The van der Waals surface area contributed by atoms with Gasteiger partial charge in [0.2, 0.25) is 0 Å². The number of carbonyl (C=O) groups excluding carboxylic acids is 1. The molecule has 5 heteroatoms. The van der Waals surface area contributed by atoms with E-state index in [0.29, 0.717) is 0 Å². The molecule has 0 unspecified atom stereocenters. The first-order valence-electron chi connectivity index (χ1n) is 7.13. The van der Waals surface area contributed by atoms with E-state index in [4.69, 9.17) is 0 Å². The molecule has 0 aromatic heterocycles. The maximum absolute atomic E-state index is 13.2. The van der Waals surface area contributed by atoms with Gasteiger partial charge in [-0.1, -0.05) is 0 Å². The molecule has 1 saturated heterocycles. The molecule has 1 aromatic carbocycles. The fourth-order valence-corrected chi connectivity index (χ4v) is 3.33. The van der Waals surface area contributed by atoms with Gasteiger partial charge in [0.25, 0.3) is 5.91 Å². The van der Waals surface area contributed by atoms with E-state index in [1.54, 1.807) is 0 Å². The average Bonchev–Trinajstić information content (AvgIpc) is 2.28. The zero-order chi connectivity index (χ0) is 15.8. The molecule has 1 heterocycles. The highest BCUT2D eigenvalue weighted by molar-refractivity contribution is 5.94. The zero-order valence-electron chi connectivity index (χ0n) is 12.9. The second kappa shape index (κ2) is 5.37. The normalized spacial score (nSPS) is 21.0. The molecule has 0 aliphatic carbocycles. The van der Waals surface area contributed by atoms with E-state index in [9.17, 15) is 13.6 Å². The van der Waals surface area contributed by atoms with Gasteiger partial charge in [0.05, 0.1) is 0 Å². The second-order valence-electron chi connectivity index (χ2n) is 7.10. The Morgan fingerprint density at radius 2 is 1.71 bits per heavy atom. The lowest BCUT2D eigenvalue weighted by Gasteiger charge is -2.46. The van der Waals surface area contributed by atoms with Crippen LogP contribution in [0.4, 0.5) is 8.78 Å². The number of piperidine rings is 1. The van der Waals surface area contributed by atoms with Crippen molar-refractivity contribution in [2.75, 3.05) is 0 Å². The number of hydrogen-bond acceptors (Lipinski definition) is 2. The van der Waals surface area contributed by atoms with Crippen molar-refractivity contribution in [3.63, 3.8) is 0 Å². The van der Waals surface area contributed by atoms with Crippen LogP contribution in [0, 0.1) is 11.6 Å². The van der Waals surface area contributed by atoms with E-state index in [0.717, 1.165) is 25.0 Å². The summed E-state index contributed by atoms with van der Waals surface area (Å²) in [6.45, 7) is 8.35. The van der Waals surface area contributed by atoms with Crippen molar-refractivity contribution in [1.29, 1.82) is 0 Å². The van der Waals surface area contributed by atoms with Gasteiger partial charge in [0.1, 0.15) is 0 Å². The molecule has 116 valence electrons. The van der Waals surface area contributed by atoms with E-state index in [2.05, 4.69) is 38.3 Å². The molecule has 0 radical (unpaired) electrons. The van der Waals surface area contributed by atoms with Crippen molar-refractivity contribution in [2.45, 2.75) is 57.7 Å². The third kappa shape index (κ3) is 4.00. The predicted octanol–water partition coefficient (Wildman–Crippen LogP) is 3.00. The SMILES string of the molecule is CC1(C)CC(NC(=O)c2ccc(F)c(F)c2)CC(C)(C)N1. The molecule has 0 spiro atoms. The van der Waals surface area contributed by atoms with Crippen molar-refractivity contribution in [3.8, 4) is 0 Å². The summed E-state index contributed by atoms with van der Waals surface area (Å²) in [6, 6.07) is 3.20. The molecular formula is C16H22F2N2O. The number of carbonyl (C=O) groups is 1. The third-order valence-electron chi connectivity index (χ3n) is 3.71. The smallest absolute Gasteiger partial charge is 0.251 e. The fourth-order valence-electron chi connectivity index (χ4n) is 3.33. The van der Waals surface area contributed by atoms with Crippen LogP contribution < -0.4 is 10.6 Å². The van der Waals surface area contributed by atoms with Crippen molar-refractivity contribution in [1.82, 2.24) is 10.6 Å². The Balaban J connectivity index is 2.10. The molecular weight excluding hydrogens is 274 g/mol. The summed E-state index contributed by atoms with van der Waals surface area (Å²) < 4.78 is 26.1. The van der Waals surface area contributed by atoms with Crippen LogP contribution in [0.25, 0.3) is 0 Å². The lowest BCUT2D eigenvalue weighted by Crippen LogP contribution is -2.62. The van der Waals surface area contributed by atoms with Crippen LogP contribution in [0.1, 0.15) is 50.9 Å². The van der Waals surface area contributed by atoms with E-state index in [1.807, 2.05) is 0 Å². The van der Waals surface area contributed by atoms with Gasteiger partial charge in [0, 0.05) is 22.7 Å². The third-order valence-corrected chi connectivity index (χ3v) is 3.71. The standard InChI is InChI=1S/C16H22F2N2O/c1-15(2)8-11(9-16(3,4)20-15)19-14(21)10-5-6-12(17)13(18)7-10/h5-7,11,20H,8-9H2,1-4H3,(H,19,21).